The van der Waals surface area contributed by atoms with Crippen LogP contribution in [0.15, 0.2) is 24.3 Å². The Morgan fingerprint density at radius 1 is 1.29 bits per heavy atom. The van der Waals surface area contributed by atoms with Crippen molar-refractivity contribution in [2.45, 2.75) is 26.3 Å². The molecule has 1 aromatic carbocycles. The molecule has 0 fully saturated rings. The molecule has 0 bridgehead atoms. The lowest BCUT2D eigenvalue weighted by atomic mass is 10.0. The second-order valence-electron chi connectivity index (χ2n) is 4.82. The van der Waals surface area contributed by atoms with E-state index in [4.69, 9.17) is 5.73 Å². The summed E-state index contributed by atoms with van der Waals surface area (Å²) in [4.78, 5) is 2.18. The van der Waals surface area contributed by atoms with Gasteiger partial charge in [0.1, 0.15) is 5.82 Å². The van der Waals surface area contributed by atoms with Crippen LogP contribution in [0.4, 0.5) is 4.39 Å². The molecule has 0 heterocycles. The van der Waals surface area contributed by atoms with E-state index in [-0.39, 0.29) is 11.9 Å². The highest BCUT2D eigenvalue weighted by atomic mass is 19.1. The van der Waals surface area contributed by atoms with E-state index in [1.807, 2.05) is 26.1 Å². The average Bonchev–Trinajstić information content (AvgIpc) is 2.29. The summed E-state index contributed by atoms with van der Waals surface area (Å²) in [6.07, 6.45) is 1.01. The molecule has 96 valence electrons. The normalized spacial score (nSPS) is 14.9. The molecular weight excluding hydrogens is 215 g/mol. The van der Waals surface area contributed by atoms with Crippen LogP contribution in [0.5, 0.6) is 0 Å². The van der Waals surface area contributed by atoms with Gasteiger partial charge < -0.3 is 5.73 Å². The van der Waals surface area contributed by atoms with Crippen molar-refractivity contribution in [1.82, 2.24) is 4.90 Å². The summed E-state index contributed by atoms with van der Waals surface area (Å²) in [5, 5.41) is 0. The third kappa shape index (κ3) is 4.10. The van der Waals surface area contributed by atoms with Crippen molar-refractivity contribution in [2.24, 2.45) is 11.7 Å². The number of nitrogens with two attached hydrogens (primary N) is 1. The van der Waals surface area contributed by atoms with Gasteiger partial charge in [0.25, 0.3) is 0 Å². The second kappa shape index (κ2) is 6.72. The van der Waals surface area contributed by atoms with Crippen LogP contribution in [-0.2, 0) is 0 Å². The third-order valence-electron chi connectivity index (χ3n) is 3.28. The van der Waals surface area contributed by atoms with Crippen molar-refractivity contribution >= 4 is 0 Å². The minimum atomic E-state index is -0.127. The Balaban J connectivity index is 2.63. The smallest absolute Gasteiger partial charge is 0.127 e. The summed E-state index contributed by atoms with van der Waals surface area (Å²) in [7, 11) is 2.03. The summed E-state index contributed by atoms with van der Waals surface area (Å²) in [6, 6.07) is 7.07. The van der Waals surface area contributed by atoms with Crippen molar-refractivity contribution < 1.29 is 4.39 Å². The molecule has 0 saturated carbocycles. The highest BCUT2D eigenvalue weighted by Gasteiger charge is 2.16. The average molecular weight is 238 g/mol. The minimum Gasteiger partial charge on any atom is -0.330 e. The molecule has 0 aliphatic carbocycles. The number of halogens is 1. The van der Waals surface area contributed by atoms with Gasteiger partial charge in [0.15, 0.2) is 0 Å². The summed E-state index contributed by atoms with van der Waals surface area (Å²) in [5.41, 5.74) is 6.30. The number of rotatable bonds is 6. The molecule has 17 heavy (non-hydrogen) atoms. The third-order valence-corrected chi connectivity index (χ3v) is 3.28. The zero-order valence-electron chi connectivity index (χ0n) is 11.0. The second-order valence-corrected chi connectivity index (χ2v) is 4.82. The molecule has 2 unspecified atom stereocenters. The largest absolute Gasteiger partial charge is 0.330 e. The predicted molar refractivity (Wildman–Crippen MR) is 70.3 cm³/mol. The summed E-state index contributed by atoms with van der Waals surface area (Å²) in [6.45, 7) is 5.86. The first-order valence-corrected chi connectivity index (χ1v) is 6.21. The van der Waals surface area contributed by atoms with Gasteiger partial charge >= 0.3 is 0 Å². The highest BCUT2D eigenvalue weighted by Crippen LogP contribution is 2.22. The monoisotopic (exact) mass is 238 g/mol. The maximum Gasteiger partial charge on any atom is 0.127 e. The topological polar surface area (TPSA) is 29.3 Å². The van der Waals surface area contributed by atoms with Gasteiger partial charge in [-0.1, -0.05) is 25.1 Å². The van der Waals surface area contributed by atoms with Gasteiger partial charge in [0.2, 0.25) is 0 Å². The number of nitrogens with zero attached hydrogens (tertiary/aromatic N) is 1. The molecule has 2 N–H and O–H groups in total. The van der Waals surface area contributed by atoms with Crippen LogP contribution in [0.2, 0.25) is 0 Å². The van der Waals surface area contributed by atoms with E-state index in [0.29, 0.717) is 12.5 Å². The van der Waals surface area contributed by atoms with Crippen LogP contribution in [0.25, 0.3) is 0 Å². The molecule has 2 atom stereocenters. The molecular formula is C14H23FN2. The predicted octanol–water partition coefficient (Wildman–Crippen LogP) is 2.80. The maximum atomic E-state index is 13.6. The van der Waals surface area contributed by atoms with E-state index in [1.165, 1.54) is 6.07 Å². The van der Waals surface area contributed by atoms with E-state index < -0.39 is 0 Å². The molecule has 0 amide bonds. The number of hydrogen-bond donors (Lipinski definition) is 1. The first kappa shape index (κ1) is 14.1. The molecule has 0 spiro atoms. The Kier molecular flexibility index (Phi) is 5.59. The zero-order chi connectivity index (χ0) is 12.8. The molecule has 0 radical (unpaired) electrons. The van der Waals surface area contributed by atoms with Crippen molar-refractivity contribution in [3.05, 3.63) is 35.6 Å². The Morgan fingerprint density at radius 2 is 1.94 bits per heavy atom. The van der Waals surface area contributed by atoms with Crippen molar-refractivity contribution in [2.75, 3.05) is 20.1 Å². The van der Waals surface area contributed by atoms with Gasteiger partial charge in [-0.3, -0.25) is 4.90 Å². The van der Waals surface area contributed by atoms with Crippen molar-refractivity contribution in [3.8, 4) is 0 Å². The molecule has 0 aliphatic heterocycles. The fourth-order valence-electron chi connectivity index (χ4n) is 2.08. The van der Waals surface area contributed by atoms with Gasteiger partial charge in [-0.25, -0.2) is 4.39 Å². The molecule has 0 aromatic heterocycles. The number of hydrogen-bond acceptors (Lipinski definition) is 2. The Morgan fingerprint density at radius 3 is 2.53 bits per heavy atom. The minimum absolute atomic E-state index is 0.0939. The van der Waals surface area contributed by atoms with E-state index in [9.17, 15) is 4.39 Å². The first-order chi connectivity index (χ1) is 8.06. The summed E-state index contributed by atoms with van der Waals surface area (Å²) < 4.78 is 13.6. The molecule has 0 aliphatic rings. The maximum absolute atomic E-state index is 13.6. The van der Waals surface area contributed by atoms with Crippen LogP contribution in [0.1, 0.15) is 31.9 Å². The highest BCUT2D eigenvalue weighted by molar-refractivity contribution is 5.20. The van der Waals surface area contributed by atoms with Gasteiger partial charge in [-0.05, 0) is 38.9 Å². The standard InChI is InChI=1S/C14H23FN2/c1-11(8-9-16)10-17(3)12(2)13-6-4-5-7-14(13)15/h4-7,11-12H,8-10,16H2,1-3H3. The molecule has 3 heteroatoms. The van der Waals surface area contributed by atoms with Crippen LogP contribution in [0, 0.1) is 11.7 Å². The van der Waals surface area contributed by atoms with Crippen LogP contribution < -0.4 is 5.73 Å². The molecule has 1 rings (SSSR count). The van der Waals surface area contributed by atoms with E-state index in [2.05, 4.69) is 11.8 Å². The fraction of sp³-hybridized carbons (Fsp3) is 0.571. The lowest BCUT2D eigenvalue weighted by molar-refractivity contribution is 0.219. The van der Waals surface area contributed by atoms with E-state index in [1.54, 1.807) is 6.07 Å². The van der Waals surface area contributed by atoms with Gasteiger partial charge in [-0.2, -0.15) is 0 Å². The van der Waals surface area contributed by atoms with Gasteiger partial charge in [0, 0.05) is 18.2 Å². The van der Waals surface area contributed by atoms with Crippen LogP contribution in [-0.4, -0.2) is 25.0 Å². The number of benzene rings is 1. The quantitative estimate of drug-likeness (QED) is 0.825. The summed E-state index contributed by atoms with van der Waals surface area (Å²) >= 11 is 0. The lowest BCUT2D eigenvalue weighted by Gasteiger charge is -2.28. The van der Waals surface area contributed by atoms with Crippen molar-refractivity contribution in [1.29, 1.82) is 0 Å². The van der Waals surface area contributed by atoms with Crippen LogP contribution >= 0.6 is 0 Å². The first-order valence-electron chi connectivity index (χ1n) is 6.21. The van der Waals surface area contributed by atoms with Crippen molar-refractivity contribution in [3.63, 3.8) is 0 Å². The van der Waals surface area contributed by atoms with Gasteiger partial charge in [-0.15, -0.1) is 0 Å². The SMILES string of the molecule is CC(CCN)CN(C)C(C)c1ccccc1F. The Labute approximate surface area is 104 Å². The lowest BCUT2D eigenvalue weighted by Crippen LogP contribution is -2.28. The molecule has 1 aromatic rings. The van der Waals surface area contributed by atoms with Gasteiger partial charge in [0.05, 0.1) is 0 Å². The van der Waals surface area contributed by atoms with Crippen LogP contribution in [0.3, 0.4) is 0 Å². The van der Waals surface area contributed by atoms with E-state index in [0.717, 1.165) is 18.5 Å². The van der Waals surface area contributed by atoms with E-state index >= 15 is 0 Å². The Hall–Kier alpha value is -0.930. The Bertz CT molecular complexity index is 341. The summed E-state index contributed by atoms with van der Waals surface area (Å²) in [5.74, 6) is 0.414. The molecule has 0 saturated heterocycles. The zero-order valence-corrected chi connectivity index (χ0v) is 11.0. The fourth-order valence-corrected chi connectivity index (χ4v) is 2.08. The molecule has 2 nitrogen and oxygen atoms in total.